The van der Waals surface area contributed by atoms with Gasteiger partial charge in [0.1, 0.15) is 0 Å². The van der Waals surface area contributed by atoms with Crippen LogP contribution in [0.5, 0.6) is 0 Å². The largest absolute Gasteiger partial charge is 0.313 e. The number of benzene rings is 1. The minimum Gasteiger partial charge on any atom is -0.313 e. The number of pyridine rings is 1. The Kier molecular flexibility index (Phi) is 4.12. The molecule has 1 atom stereocenters. The monoisotopic (exact) mass is 266 g/mol. The lowest BCUT2D eigenvalue weighted by Gasteiger charge is -2.16. The van der Waals surface area contributed by atoms with Crippen LogP contribution in [0.2, 0.25) is 0 Å². The summed E-state index contributed by atoms with van der Waals surface area (Å²) in [6, 6.07) is 13.1. The fraction of sp³-hybridized carbons (Fsp3) is 0.389. The highest BCUT2D eigenvalue weighted by molar-refractivity contribution is 5.41. The minimum absolute atomic E-state index is 0.478. The van der Waals surface area contributed by atoms with Gasteiger partial charge in [0, 0.05) is 18.7 Å². The molecule has 20 heavy (non-hydrogen) atoms. The maximum atomic E-state index is 4.63. The summed E-state index contributed by atoms with van der Waals surface area (Å²) in [5, 5.41) is 3.52. The van der Waals surface area contributed by atoms with E-state index in [1.165, 1.54) is 35.2 Å². The van der Waals surface area contributed by atoms with Crippen molar-refractivity contribution >= 4 is 0 Å². The summed E-state index contributed by atoms with van der Waals surface area (Å²) in [6.45, 7) is 4.24. The third kappa shape index (κ3) is 2.61. The van der Waals surface area contributed by atoms with E-state index in [4.69, 9.17) is 0 Å². The summed E-state index contributed by atoms with van der Waals surface area (Å²) < 4.78 is 0. The van der Waals surface area contributed by atoms with Gasteiger partial charge in [0.2, 0.25) is 0 Å². The number of hydrogen-bond acceptors (Lipinski definition) is 2. The molecule has 1 heterocycles. The fourth-order valence-electron chi connectivity index (χ4n) is 3.15. The number of aromatic nitrogens is 1. The van der Waals surface area contributed by atoms with Gasteiger partial charge in [-0.2, -0.15) is 0 Å². The van der Waals surface area contributed by atoms with Crippen LogP contribution < -0.4 is 5.32 Å². The Morgan fingerprint density at radius 1 is 1.20 bits per heavy atom. The molecule has 0 radical (unpaired) electrons. The molecule has 2 aromatic rings. The van der Waals surface area contributed by atoms with Crippen LogP contribution in [0.1, 0.15) is 48.1 Å². The molecule has 0 aliphatic heterocycles. The van der Waals surface area contributed by atoms with Crippen molar-refractivity contribution in [3.8, 4) is 0 Å². The molecule has 2 heteroatoms. The maximum absolute atomic E-state index is 4.63. The molecular weight excluding hydrogens is 244 g/mol. The predicted octanol–water partition coefficient (Wildman–Crippen LogP) is 3.66. The molecule has 0 bridgehead atoms. The molecular formula is C18H22N2. The molecule has 1 aromatic heterocycles. The van der Waals surface area contributed by atoms with Crippen LogP contribution in [0.25, 0.3) is 0 Å². The van der Waals surface area contributed by atoms with Crippen LogP contribution in [-0.4, -0.2) is 11.5 Å². The van der Waals surface area contributed by atoms with Gasteiger partial charge in [-0.1, -0.05) is 37.3 Å². The van der Waals surface area contributed by atoms with E-state index >= 15 is 0 Å². The van der Waals surface area contributed by atoms with Crippen molar-refractivity contribution in [3.05, 3.63) is 65.0 Å². The summed E-state index contributed by atoms with van der Waals surface area (Å²) in [5.74, 6) is 0.478. The third-order valence-corrected chi connectivity index (χ3v) is 4.13. The molecule has 0 spiro atoms. The van der Waals surface area contributed by atoms with Crippen molar-refractivity contribution in [2.45, 2.75) is 38.6 Å². The number of aryl methyl sites for hydroxylation is 1. The molecule has 0 saturated carbocycles. The van der Waals surface area contributed by atoms with Gasteiger partial charge in [-0.05, 0) is 48.6 Å². The second-order valence-electron chi connectivity index (χ2n) is 5.51. The average Bonchev–Trinajstić information content (AvgIpc) is 2.92. The second kappa shape index (κ2) is 6.19. The molecule has 0 amide bonds. The topological polar surface area (TPSA) is 24.9 Å². The molecule has 1 unspecified atom stereocenters. The number of hydrogen-bond donors (Lipinski definition) is 1. The highest BCUT2D eigenvalue weighted by Crippen LogP contribution is 2.37. The molecule has 3 rings (SSSR count). The molecule has 2 nitrogen and oxygen atoms in total. The van der Waals surface area contributed by atoms with Crippen molar-refractivity contribution in [3.63, 3.8) is 0 Å². The van der Waals surface area contributed by atoms with E-state index in [0.717, 1.165) is 19.5 Å². The summed E-state index contributed by atoms with van der Waals surface area (Å²) >= 11 is 0. The van der Waals surface area contributed by atoms with Crippen LogP contribution in [-0.2, 0) is 13.0 Å². The SMILES string of the molecule is CCCNCc1ccccc1C1CCc2cccnc21. The average molecular weight is 266 g/mol. The van der Waals surface area contributed by atoms with Crippen molar-refractivity contribution < 1.29 is 0 Å². The zero-order chi connectivity index (χ0) is 13.8. The number of rotatable bonds is 5. The Balaban J connectivity index is 1.87. The lowest BCUT2D eigenvalue weighted by atomic mass is 9.92. The van der Waals surface area contributed by atoms with Crippen LogP contribution in [0.3, 0.4) is 0 Å². The van der Waals surface area contributed by atoms with Crippen molar-refractivity contribution in [2.24, 2.45) is 0 Å². The molecule has 104 valence electrons. The Hall–Kier alpha value is -1.67. The Bertz CT molecular complexity index is 577. The predicted molar refractivity (Wildman–Crippen MR) is 82.8 cm³/mol. The maximum Gasteiger partial charge on any atom is 0.0510 e. The summed E-state index contributed by atoms with van der Waals surface area (Å²) in [4.78, 5) is 4.63. The van der Waals surface area contributed by atoms with Crippen molar-refractivity contribution in [2.75, 3.05) is 6.54 Å². The van der Waals surface area contributed by atoms with Gasteiger partial charge in [-0.25, -0.2) is 0 Å². The fourth-order valence-corrected chi connectivity index (χ4v) is 3.15. The van der Waals surface area contributed by atoms with Crippen LogP contribution in [0.4, 0.5) is 0 Å². The van der Waals surface area contributed by atoms with Gasteiger partial charge in [-0.15, -0.1) is 0 Å². The van der Waals surface area contributed by atoms with E-state index in [2.05, 4.69) is 53.6 Å². The first-order valence-electron chi connectivity index (χ1n) is 7.62. The molecule has 1 aliphatic carbocycles. The number of fused-ring (bicyclic) bond motifs is 1. The highest BCUT2D eigenvalue weighted by atomic mass is 14.8. The normalized spacial score (nSPS) is 17.1. The van der Waals surface area contributed by atoms with Gasteiger partial charge in [0.25, 0.3) is 0 Å². The third-order valence-electron chi connectivity index (χ3n) is 4.13. The minimum atomic E-state index is 0.478. The van der Waals surface area contributed by atoms with Gasteiger partial charge in [0.15, 0.2) is 0 Å². The van der Waals surface area contributed by atoms with Crippen LogP contribution in [0.15, 0.2) is 42.6 Å². The number of nitrogens with zero attached hydrogens (tertiary/aromatic N) is 1. The molecule has 1 aliphatic rings. The van der Waals surface area contributed by atoms with E-state index in [1.54, 1.807) is 0 Å². The molecule has 0 fully saturated rings. The summed E-state index contributed by atoms with van der Waals surface area (Å²) in [7, 11) is 0. The number of nitrogens with one attached hydrogen (secondary N) is 1. The first-order valence-corrected chi connectivity index (χ1v) is 7.62. The van der Waals surface area contributed by atoms with E-state index in [-0.39, 0.29) is 0 Å². The first kappa shape index (κ1) is 13.3. The zero-order valence-corrected chi connectivity index (χ0v) is 12.1. The summed E-state index contributed by atoms with van der Waals surface area (Å²) in [5.41, 5.74) is 5.59. The van der Waals surface area contributed by atoms with Crippen LogP contribution in [0, 0.1) is 0 Å². The quantitative estimate of drug-likeness (QED) is 0.835. The zero-order valence-electron chi connectivity index (χ0n) is 12.1. The standard InChI is InChI=1S/C18H22N2/c1-2-11-19-13-15-6-3-4-8-16(15)17-10-9-14-7-5-12-20-18(14)17/h3-8,12,17,19H,2,9-11,13H2,1H3. The van der Waals surface area contributed by atoms with E-state index in [0.29, 0.717) is 5.92 Å². The first-order chi connectivity index (χ1) is 9.90. The van der Waals surface area contributed by atoms with Crippen LogP contribution >= 0.6 is 0 Å². The van der Waals surface area contributed by atoms with Crippen molar-refractivity contribution in [1.29, 1.82) is 0 Å². The van der Waals surface area contributed by atoms with E-state index in [9.17, 15) is 0 Å². The smallest absolute Gasteiger partial charge is 0.0510 e. The van der Waals surface area contributed by atoms with Gasteiger partial charge >= 0.3 is 0 Å². The Morgan fingerprint density at radius 2 is 2.10 bits per heavy atom. The molecule has 1 N–H and O–H groups in total. The lowest BCUT2D eigenvalue weighted by molar-refractivity contribution is 0.662. The van der Waals surface area contributed by atoms with E-state index < -0.39 is 0 Å². The summed E-state index contributed by atoms with van der Waals surface area (Å²) in [6.07, 6.45) is 5.45. The van der Waals surface area contributed by atoms with Crippen molar-refractivity contribution in [1.82, 2.24) is 10.3 Å². The Labute approximate surface area is 121 Å². The van der Waals surface area contributed by atoms with Gasteiger partial charge in [0.05, 0.1) is 5.69 Å². The lowest BCUT2D eigenvalue weighted by Crippen LogP contribution is -2.16. The van der Waals surface area contributed by atoms with Gasteiger partial charge < -0.3 is 5.32 Å². The highest BCUT2D eigenvalue weighted by Gasteiger charge is 2.26. The second-order valence-corrected chi connectivity index (χ2v) is 5.51. The van der Waals surface area contributed by atoms with E-state index in [1.807, 2.05) is 6.20 Å². The molecule has 1 aromatic carbocycles. The van der Waals surface area contributed by atoms with Gasteiger partial charge in [-0.3, -0.25) is 4.98 Å². The Morgan fingerprint density at radius 3 is 3.00 bits per heavy atom. The molecule has 0 saturated heterocycles.